The van der Waals surface area contributed by atoms with Crippen LogP contribution in [0.1, 0.15) is 26.3 Å². The number of nitriles is 1. The Labute approximate surface area is 237 Å². The minimum atomic E-state index is -4.63. The van der Waals surface area contributed by atoms with Gasteiger partial charge in [0.15, 0.2) is 17.8 Å². The van der Waals surface area contributed by atoms with Crippen LogP contribution in [0.4, 0.5) is 24.5 Å². The number of amides is 1. The van der Waals surface area contributed by atoms with Crippen molar-refractivity contribution in [3.05, 3.63) is 87.4 Å². The molecule has 3 aromatic carbocycles. The third-order valence-electron chi connectivity index (χ3n) is 5.77. The van der Waals surface area contributed by atoms with Gasteiger partial charge in [-0.25, -0.2) is 0 Å². The lowest BCUT2D eigenvalue weighted by Gasteiger charge is -2.29. The Kier molecular flexibility index (Phi) is 9.57. The Morgan fingerprint density at radius 1 is 1.02 bits per heavy atom. The second kappa shape index (κ2) is 12.7. The number of benzene rings is 3. The van der Waals surface area contributed by atoms with Gasteiger partial charge in [0.2, 0.25) is 5.75 Å². The molecule has 2 unspecified atom stereocenters. The van der Waals surface area contributed by atoms with Crippen molar-refractivity contribution in [2.24, 2.45) is 5.92 Å². The van der Waals surface area contributed by atoms with Crippen LogP contribution in [0, 0.1) is 27.4 Å². The van der Waals surface area contributed by atoms with Crippen LogP contribution in [0.3, 0.4) is 0 Å². The molecule has 0 aliphatic carbocycles. The number of rotatable bonds is 10. The first-order valence-corrected chi connectivity index (χ1v) is 12.4. The predicted molar refractivity (Wildman–Crippen MR) is 143 cm³/mol. The molecule has 0 saturated carbocycles. The van der Waals surface area contributed by atoms with Crippen molar-refractivity contribution in [2.45, 2.75) is 39.1 Å². The fourth-order valence-corrected chi connectivity index (χ4v) is 4.04. The number of ether oxygens (including phenoxy) is 2. The molecule has 0 heterocycles. The topological polar surface area (TPSA) is 123 Å². The number of alkyl halides is 3. The zero-order valence-electron chi connectivity index (χ0n) is 21.9. The molecule has 0 aliphatic heterocycles. The van der Waals surface area contributed by atoms with Crippen molar-refractivity contribution < 1.29 is 37.2 Å². The molecule has 2 atom stereocenters. The summed E-state index contributed by atoms with van der Waals surface area (Å²) in [7, 11) is 0. The number of carbonyl (C=O) groups excluding carboxylic acids is 2. The first-order chi connectivity index (χ1) is 19.2. The van der Waals surface area contributed by atoms with Crippen molar-refractivity contribution in [3.63, 3.8) is 0 Å². The van der Waals surface area contributed by atoms with Crippen LogP contribution >= 0.6 is 11.6 Å². The quantitative estimate of drug-likeness (QED) is 0.142. The number of halogens is 4. The molecule has 0 aromatic heterocycles. The van der Waals surface area contributed by atoms with Crippen molar-refractivity contribution in [1.82, 2.24) is 0 Å². The lowest BCUT2D eigenvalue weighted by atomic mass is 9.99. The highest BCUT2D eigenvalue weighted by Gasteiger charge is 2.37. The maximum absolute atomic E-state index is 13.3. The van der Waals surface area contributed by atoms with Crippen LogP contribution in [0.2, 0.25) is 5.02 Å². The smallest absolute Gasteiger partial charge is 0.416 e. The van der Waals surface area contributed by atoms with Gasteiger partial charge in [-0.05, 0) is 57.2 Å². The predicted octanol–water partition coefficient (Wildman–Crippen LogP) is 6.98. The van der Waals surface area contributed by atoms with E-state index in [1.165, 1.54) is 11.8 Å². The normalized spacial score (nSPS) is 12.7. The second-order valence-corrected chi connectivity index (χ2v) is 9.40. The summed E-state index contributed by atoms with van der Waals surface area (Å²) in [6.45, 7) is 4.65. The highest BCUT2D eigenvalue weighted by Crippen LogP contribution is 2.39. The third-order valence-corrected chi connectivity index (χ3v) is 6.06. The Bertz CT molecular complexity index is 1490. The van der Waals surface area contributed by atoms with E-state index in [1.54, 1.807) is 50.2 Å². The highest BCUT2D eigenvalue weighted by atomic mass is 35.5. The van der Waals surface area contributed by atoms with Gasteiger partial charge in [-0.1, -0.05) is 29.8 Å². The number of nitrogens with zero attached hydrogens (tertiary/aromatic N) is 3. The summed E-state index contributed by atoms with van der Waals surface area (Å²) >= 11 is 5.93. The summed E-state index contributed by atoms with van der Waals surface area (Å²) in [5.41, 5.74) is -1.10. The molecule has 214 valence electrons. The largest absolute Gasteiger partial charge is 0.476 e. The molecule has 3 aromatic rings. The Morgan fingerprint density at radius 2 is 1.68 bits per heavy atom. The van der Waals surface area contributed by atoms with E-state index in [1.807, 2.05) is 0 Å². The average Bonchev–Trinajstić information content (AvgIpc) is 2.90. The van der Waals surface area contributed by atoms with Crippen LogP contribution in [-0.2, 0) is 15.8 Å². The van der Waals surface area contributed by atoms with E-state index >= 15 is 0 Å². The molecule has 0 bridgehead atoms. The first-order valence-electron chi connectivity index (χ1n) is 12.1. The number of Topliss-reactive ketones (excluding diaryl/α,β-unsaturated/α-hetero) is 1. The molecule has 0 spiro atoms. The molecule has 0 N–H and O–H groups in total. The molecule has 0 saturated heterocycles. The van der Waals surface area contributed by atoms with E-state index in [2.05, 4.69) is 0 Å². The molecule has 9 nitrogen and oxygen atoms in total. The van der Waals surface area contributed by atoms with Gasteiger partial charge in [-0.3, -0.25) is 19.7 Å². The number of para-hydroxylation sites is 1. The summed E-state index contributed by atoms with van der Waals surface area (Å²) in [6, 6.07) is 15.3. The van der Waals surface area contributed by atoms with Gasteiger partial charge in [0.05, 0.1) is 21.6 Å². The van der Waals surface area contributed by atoms with Gasteiger partial charge in [0.25, 0.3) is 5.91 Å². The third kappa shape index (κ3) is 7.32. The minimum absolute atomic E-state index is 0.102. The molecule has 13 heteroatoms. The molecule has 0 aliphatic rings. The fourth-order valence-electron chi connectivity index (χ4n) is 3.82. The Hall–Kier alpha value is -4.63. The highest BCUT2D eigenvalue weighted by molar-refractivity contribution is 6.32. The maximum Gasteiger partial charge on any atom is 0.416 e. The monoisotopic (exact) mass is 589 g/mol. The first kappa shape index (κ1) is 30.9. The fraction of sp³-hybridized carbons (Fsp3) is 0.250. The number of anilines is 1. The summed E-state index contributed by atoms with van der Waals surface area (Å²) in [4.78, 5) is 38.6. The lowest BCUT2D eigenvalue weighted by Crippen LogP contribution is -2.46. The van der Waals surface area contributed by atoms with E-state index in [-0.39, 0.29) is 16.5 Å². The van der Waals surface area contributed by atoms with Gasteiger partial charge >= 0.3 is 11.9 Å². The summed E-state index contributed by atoms with van der Waals surface area (Å²) in [5.74, 6) is -4.23. The van der Waals surface area contributed by atoms with Crippen LogP contribution in [0.5, 0.6) is 17.2 Å². The molecule has 1 amide bonds. The lowest BCUT2D eigenvalue weighted by molar-refractivity contribution is -0.386. The van der Waals surface area contributed by atoms with Crippen molar-refractivity contribution in [3.8, 4) is 23.3 Å². The van der Waals surface area contributed by atoms with Crippen molar-refractivity contribution in [2.75, 3.05) is 4.90 Å². The van der Waals surface area contributed by atoms with E-state index in [9.17, 15) is 38.1 Å². The second-order valence-electron chi connectivity index (χ2n) is 8.99. The average molecular weight is 590 g/mol. The summed E-state index contributed by atoms with van der Waals surface area (Å²) in [6.07, 6.45) is -6.12. The van der Waals surface area contributed by atoms with Crippen LogP contribution in [-0.4, -0.2) is 28.8 Å². The number of hydrogen-bond acceptors (Lipinski definition) is 7. The van der Waals surface area contributed by atoms with Crippen LogP contribution in [0.25, 0.3) is 0 Å². The van der Waals surface area contributed by atoms with Gasteiger partial charge in [-0.15, -0.1) is 0 Å². The van der Waals surface area contributed by atoms with Gasteiger partial charge in [0.1, 0.15) is 11.5 Å². The molecule has 0 radical (unpaired) electrons. The van der Waals surface area contributed by atoms with Gasteiger partial charge < -0.3 is 14.4 Å². The van der Waals surface area contributed by atoms with E-state index in [0.717, 1.165) is 30.3 Å². The number of hydrogen-bond donors (Lipinski definition) is 0. The van der Waals surface area contributed by atoms with Gasteiger partial charge in [0, 0.05) is 23.9 Å². The minimum Gasteiger partial charge on any atom is -0.476 e. The van der Waals surface area contributed by atoms with Gasteiger partial charge in [-0.2, -0.15) is 18.4 Å². The number of ketones is 1. The van der Waals surface area contributed by atoms with Crippen molar-refractivity contribution in [1.29, 1.82) is 5.26 Å². The number of nitro groups is 1. The summed E-state index contributed by atoms with van der Waals surface area (Å²) in [5, 5.41) is 21.0. The van der Waals surface area contributed by atoms with E-state index < -0.39 is 57.9 Å². The number of carbonyl (C=O) groups is 2. The van der Waals surface area contributed by atoms with E-state index in [0.29, 0.717) is 11.8 Å². The zero-order chi connectivity index (χ0) is 30.5. The molecule has 3 rings (SSSR count). The molecule has 0 fully saturated rings. The molecular formula is C28H23ClF3N3O6. The van der Waals surface area contributed by atoms with E-state index in [4.69, 9.17) is 21.1 Å². The van der Waals surface area contributed by atoms with Crippen LogP contribution < -0.4 is 14.4 Å². The molecular weight excluding hydrogens is 567 g/mol. The zero-order valence-corrected chi connectivity index (χ0v) is 22.6. The standard InChI is InChI=1S/C28H23ClF3N3O6/c1-16(2)34(19-7-5-4-6-8-19)27(37)21(15-33)26(36)17(3)40-25-14-20(10-11-23(25)35(38)39)41-24-12-9-18(13-22(24)29)28(30,31)32/h4-14,16-17,21H,1-3H3. The van der Waals surface area contributed by atoms with Crippen molar-refractivity contribution >= 4 is 34.7 Å². The SMILES string of the molecule is CC(Oc1cc(Oc2ccc(C(F)(F)F)cc2Cl)ccc1[N+](=O)[O-])C(=O)C(C#N)C(=O)N(c1ccccc1)C(C)C. The summed E-state index contributed by atoms with van der Waals surface area (Å²) < 4.78 is 49.9. The Morgan fingerprint density at radius 3 is 2.22 bits per heavy atom. The maximum atomic E-state index is 13.3. The van der Waals surface area contributed by atoms with Crippen LogP contribution in [0.15, 0.2) is 66.7 Å². The Balaban J connectivity index is 1.87. The molecule has 41 heavy (non-hydrogen) atoms. The number of nitro benzene ring substituents is 1.